The first-order valence-corrected chi connectivity index (χ1v) is 7.34. The summed E-state index contributed by atoms with van der Waals surface area (Å²) in [4.78, 5) is 12.4. The lowest BCUT2D eigenvalue weighted by Gasteiger charge is -2.13. The molecule has 0 bridgehead atoms. The Morgan fingerprint density at radius 1 is 0.833 bits per heavy atom. The largest absolute Gasteiger partial charge is 0.497 e. The average molecular weight is 331 g/mol. The summed E-state index contributed by atoms with van der Waals surface area (Å²) in [5.74, 6) is 2.18. The van der Waals surface area contributed by atoms with E-state index >= 15 is 0 Å². The maximum Gasteiger partial charge on any atom is 0.255 e. The Balaban J connectivity index is 2.13. The van der Waals surface area contributed by atoms with Crippen LogP contribution in [0.3, 0.4) is 0 Å². The van der Waals surface area contributed by atoms with Crippen molar-refractivity contribution < 1.29 is 23.7 Å². The summed E-state index contributed by atoms with van der Waals surface area (Å²) in [6, 6.07) is 10.5. The van der Waals surface area contributed by atoms with Crippen molar-refractivity contribution in [1.29, 1.82) is 0 Å². The second-order valence-electron chi connectivity index (χ2n) is 4.93. The fourth-order valence-corrected chi connectivity index (χ4v) is 2.25. The third-order valence-electron chi connectivity index (χ3n) is 3.59. The van der Waals surface area contributed by atoms with E-state index in [4.69, 9.17) is 18.9 Å². The van der Waals surface area contributed by atoms with Gasteiger partial charge >= 0.3 is 0 Å². The minimum atomic E-state index is -0.243. The highest BCUT2D eigenvalue weighted by Crippen LogP contribution is 2.26. The summed E-state index contributed by atoms with van der Waals surface area (Å²) in [6.07, 6.45) is 0. The van der Waals surface area contributed by atoms with Crippen LogP contribution in [0.4, 0.5) is 0 Å². The summed E-state index contributed by atoms with van der Waals surface area (Å²) < 4.78 is 20.9. The molecule has 2 aromatic carbocycles. The molecule has 24 heavy (non-hydrogen) atoms. The van der Waals surface area contributed by atoms with Gasteiger partial charge in [-0.25, -0.2) is 0 Å². The molecule has 128 valence electrons. The van der Waals surface area contributed by atoms with Crippen LogP contribution in [0.1, 0.15) is 15.9 Å². The molecule has 0 spiro atoms. The first kappa shape index (κ1) is 17.5. The standard InChI is InChI=1S/C18H21NO5/c1-21-13-6-5-12(16(9-13)23-3)11-19-18(20)15-8-7-14(22-2)10-17(15)24-4/h5-10H,11H2,1-4H3,(H,19,20). The fourth-order valence-electron chi connectivity index (χ4n) is 2.25. The number of carbonyl (C=O) groups excluding carboxylic acids is 1. The highest BCUT2D eigenvalue weighted by atomic mass is 16.5. The molecule has 2 aromatic rings. The molecule has 0 saturated heterocycles. The zero-order chi connectivity index (χ0) is 17.5. The Hall–Kier alpha value is -2.89. The van der Waals surface area contributed by atoms with Gasteiger partial charge in [-0.1, -0.05) is 0 Å². The lowest BCUT2D eigenvalue weighted by Crippen LogP contribution is -2.23. The van der Waals surface area contributed by atoms with Crippen LogP contribution in [-0.2, 0) is 6.54 Å². The first-order chi connectivity index (χ1) is 11.6. The lowest BCUT2D eigenvalue weighted by atomic mass is 10.1. The smallest absolute Gasteiger partial charge is 0.255 e. The number of ether oxygens (including phenoxy) is 4. The second kappa shape index (κ2) is 8.10. The molecule has 0 aliphatic rings. The van der Waals surface area contributed by atoms with Crippen molar-refractivity contribution in [2.75, 3.05) is 28.4 Å². The highest BCUT2D eigenvalue weighted by molar-refractivity contribution is 5.97. The normalized spacial score (nSPS) is 10.0. The molecule has 1 N–H and O–H groups in total. The van der Waals surface area contributed by atoms with Crippen LogP contribution in [0.25, 0.3) is 0 Å². The van der Waals surface area contributed by atoms with E-state index in [1.165, 1.54) is 7.11 Å². The van der Waals surface area contributed by atoms with E-state index in [1.54, 1.807) is 45.6 Å². The zero-order valence-corrected chi connectivity index (χ0v) is 14.2. The Morgan fingerprint density at radius 2 is 1.42 bits per heavy atom. The molecule has 0 atom stereocenters. The highest BCUT2D eigenvalue weighted by Gasteiger charge is 2.14. The van der Waals surface area contributed by atoms with E-state index in [0.717, 1.165) is 5.56 Å². The van der Waals surface area contributed by atoms with Crippen LogP contribution in [-0.4, -0.2) is 34.3 Å². The number of hydrogen-bond donors (Lipinski definition) is 1. The van der Waals surface area contributed by atoms with Crippen molar-refractivity contribution >= 4 is 5.91 Å². The quantitative estimate of drug-likeness (QED) is 0.845. The molecule has 0 radical (unpaired) electrons. The van der Waals surface area contributed by atoms with Gasteiger partial charge in [0, 0.05) is 24.2 Å². The van der Waals surface area contributed by atoms with Crippen LogP contribution in [0.15, 0.2) is 36.4 Å². The maximum atomic E-state index is 12.4. The fraction of sp³-hybridized carbons (Fsp3) is 0.278. The number of carbonyl (C=O) groups is 1. The Labute approximate surface area is 141 Å². The van der Waals surface area contributed by atoms with Crippen molar-refractivity contribution in [3.63, 3.8) is 0 Å². The average Bonchev–Trinajstić information content (AvgIpc) is 2.65. The molecule has 1 amide bonds. The summed E-state index contributed by atoms with van der Waals surface area (Å²) in [5, 5.41) is 2.86. The topological polar surface area (TPSA) is 66.0 Å². The molecule has 6 nitrogen and oxygen atoms in total. The molecular weight excluding hydrogens is 310 g/mol. The van der Waals surface area contributed by atoms with Crippen molar-refractivity contribution in [1.82, 2.24) is 5.32 Å². The number of benzene rings is 2. The van der Waals surface area contributed by atoms with Crippen molar-refractivity contribution in [2.24, 2.45) is 0 Å². The number of hydrogen-bond acceptors (Lipinski definition) is 5. The van der Waals surface area contributed by atoms with Gasteiger partial charge in [0.1, 0.15) is 23.0 Å². The molecular formula is C18H21NO5. The monoisotopic (exact) mass is 331 g/mol. The van der Waals surface area contributed by atoms with Gasteiger partial charge < -0.3 is 24.3 Å². The van der Waals surface area contributed by atoms with Crippen molar-refractivity contribution in [3.05, 3.63) is 47.5 Å². The van der Waals surface area contributed by atoms with Crippen molar-refractivity contribution in [3.8, 4) is 23.0 Å². The number of methoxy groups -OCH3 is 4. The van der Waals surface area contributed by atoms with E-state index in [-0.39, 0.29) is 5.91 Å². The van der Waals surface area contributed by atoms with Gasteiger partial charge in [0.15, 0.2) is 0 Å². The number of amides is 1. The molecule has 0 heterocycles. The molecule has 0 fully saturated rings. The molecule has 6 heteroatoms. The molecule has 0 unspecified atom stereocenters. The second-order valence-corrected chi connectivity index (χ2v) is 4.93. The molecule has 0 aliphatic heterocycles. The van der Waals surface area contributed by atoms with E-state index in [2.05, 4.69) is 5.32 Å². The lowest BCUT2D eigenvalue weighted by molar-refractivity contribution is 0.0947. The summed E-state index contributed by atoms with van der Waals surface area (Å²) in [7, 11) is 6.24. The van der Waals surface area contributed by atoms with Gasteiger partial charge in [-0.2, -0.15) is 0 Å². The van der Waals surface area contributed by atoms with Gasteiger partial charge in [-0.3, -0.25) is 4.79 Å². The molecule has 2 rings (SSSR count). The van der Waals surface area contributed by atoms with Crippen LogP contribution in [0, 0.1) is 0 Å². The predicted molar refractivity (Wildman–Crippen MR) is 90.3 cm³/mol. The third-order valence-corrected chi connectivity index (χ3v) is 3.59. The molecule has 0 aromatic heterocycles. The van der Waals surface area contributed by atoms with Crippen LogP contribution in [0.2, 0.25) is 0 Å². The maximum absolute atomic E-state index is 12.4. The minimum absolute atomic E-state index is 0.243. The minimum Gasteiger partial charge on any atom is -0.497 e. The zero-order valence-electron chi connectivity index (χ0n) is 14.2. The molecule has 0 aliphatic carbocycles. The van der Waals surface area contributed by atoms with Gasteiger partial charge in [0.25, 0.3) is 5.91 Å². The van der Waals surface area contributed by atoms with Gasteiger partial charge in [0.2, 0.25) is 0 Å². The predicted octanol–water partition coefficient (Wildman–Crippen LogP) is 2.65. The third kappa shape index (κ3) is 3.90. The Morgan fingerprint density at radius 3 is 2.00 bits per heavy atom. The Kier molecular flexibility index (Phi) is 5.89. The van der Waals surface area contributed by atoms with Gasteiger partial charge in [-0.15, -0.1) is 0 Å². The summed E-state index contributed by atoms with van der Waals surface area (Å²) >= 11 is 0. The van der Waals surface area contributed by atoms with E-state index in [1.807, 2.05) is 12.1 Å². The van der Waals surface area contributed by atoms with Crippen LogP contribution >= 0.6 is 0 Å². The Bertz CT molecular complexity index is 715. The van der Waals surface area contributed by atoms with Gasteiger partial charge in [-0.05, 0) is 24.3 Å². The van der Waals surface area contributed by atoms with Crippen molar-refractivity contribution in [2.45, 2.75) is 6.54 Å². The summed E-state index contributed by atoms with van der Waals surface area (Å²) in [5.41, 5.74) is 1.28. The van der Waals surface area contributed by atoms with Gasteiger partial charge in [0.05, 0.1) is 34.0 Å². The molecule has 0 saturated carbocycles. The van der Waals surface area contributed by atoms with Crippen LogP contribution in [0.5, 0.6) is 23.0 Å². The van der Waals surface area contributed by atoms with E-state index in [9.17, 15) is 4.79 Å². The first-order valence-electron chi connectivity index (χ1n) is 7.34. The summed E-state index contributed by atoms with van der Waals surface area (Å²) in [6.45, 7) is 0.321. The van der Waals surface area contributed by atoms with Crippen LogP contribution < -0.4 is 24.3 Å². The number of rotatable bonds is 7. The van der Waals surface area contributed by atoms with E-state index < -0.39 is 0 Å². The SMILES string of the molecule is COc1ccc(CNC(=O)c2ccc(OC)cc2OC)c(OC)c1. The van der Waals surface area contributed by atoms with E-state index in [0.29, 0.717) is 35.1 Å². The number of nitrogens with one attached hydrogen (secondary N) is 1.